The zero-order valence-corrected chi connectivity index (χ0v) is 21.0. The molecule has 0 heterocycles. The zero-order valence-electron chi connectivity index (χ0n) is 20.1. The van der Waals surface area contributed by atoms with E-state index in [1.54, 1.807) is 49.4 Å². The Bertz CT molecular complexity index is 1270. The largest absolute Gasteiger partial charge is 0.496 e. The third-order valence-corrected chi connectivity index (χ3v) is 8.80. The van der Waals surface area contributed by atoms with Gasteiger partial charge in [-0.15, -0.1) is 0 Å². The second-order valence-corrected chi connectivity index (χ2v) is 10.7. The molecular formula is C27H29O5P. The van der Waals surface area contributed by atoms with Gasteiger partial charge in [0.25, 0.3) is 7.14 Å². The Labute approximate surface area is 195 Å². The lowest BCUT2D eigenvalue weighted by atomic mass is 9.95. The number of hydrogen-bond donors (Lipinski definition) is 0. The molecule has 0 fully saturated rings. The van der Waals surface area contributed by atoms with E-state index in [1.807, 2.05) is 33.8 Å². The molecule has 0 bridgehead atoms. The minimum Gasteiger partial charge on any atom is -0.496 e. The van der Waals surface area contributed by atoms with Crippen LogP contribution in [0.5, 0.6) is 11.5 Å². The van der Waals surface area contributed by atoms with E-state index in [4.69, 9.17) is 9.47 Å². The summed E-state index contributed by atoms with van der Waals surface area (Å²) in [5.41, 5.74) is 3.16. The third-order valence-electron chi connectivity index (χ3n) is 6.10. The highest BCUT2D eigenvalue weighted by Gasteiger charge is 2.48. The Kier molecular flexibility index (Phi) is 6.94. The van der Waals surface area contributed by atoms with Crippen LogP contribution in [-0.4, -0.2) is 25.3 Å². The molecule has 0 aliphatic rings. The van der Waals surface area contributed by atoms with Crippen molar-refractivity contribution >= 4 is 23.5 Å². The van der Waals surface area contributed by atoms with E-state index in [1.165, 1.54) is 14.2 Å². The SMILES string of the molecule is COc1cc(C)cc(OC)c1P(=O)(C(=O)c1ccccc1)C(=O)c1c(C)cc(C)c(C)c1C. The fraction of sp³-hybridized carbons (Fsp3) is 0.259. The summed E-state index contributed by atoms with van der Waals surface area (Å²) in [6.07, 6.45) is 0. The fourth-order valence-electron chi connectivity index (χ4n) is 4.16. The number of carbonyl (C=O) groups excluding carboxylic acids is 2. The number of carbonyl (C=O) groups is 2. The summed E-state index contributed by atoms with van der Waals surface area (Å²) < 4.78 is 26.0. The van der Waals surface area contributed by atoms with Gasteiger partial charge in [-0.2, -0.15) is 0 Å². The van der Waals surface area contributed by atoms with Crippen LogP contribution in [0.3, 0.4) is 0 Å². The van der Waals surface area contributed by atoms with Gasteiger partial charge >= 0.3 is 0 Å². The van der Waals surface area contributed by atoms with Crippen LogP contribution in [0.2, 0.25) is 0 Å². The van der Waals surface area contributed by atoms with Gasteiger partial charge < -0.3 is 14.0 Å². The van der Waals surface area contributed by atoms with E-state index < -0.39 is 18.2 Å². The molecule has 172 valence electrons. The second kappa shape index (κ2) is 9.36. The number of methoxy groups -OCH3 is 2. The highest BCUT2D eigenvalue weighted by Crippen LogP contribution is 2.56. The van der Waals surface area contributed by atoms with E-state index in [2.05, 4.69) is 0 Å². The molecule has 0 N–H and O–H groups in total. The molecule has 1 unspecified atom stereocenters. The summed E-state index contributed by atoms with van der Waals surface area (Å²) in [7, 11) is -1.60. The van der Waals surface area contributed by atoms with Crippen LogP contribution in [-0.2, 0) is 4.57 Å². The average molecular weight is 464 g/mol. The fourth-order valence-corrected chi connectivity index (χ4v) is 6.86. The second-order valence-electron chi connectivity index (χ2n) is 8.24. The van der Waals surface area contributed by atoms with Gasteiger partial charge in [-0.1, -0.05) is 36.4 Å². The maximum Gasteiger partial charge on any atom is 0.255 e. The van der Waals surface area contributed by atoms with Crippen molar-refractivity contribution in [2.45, 2.75) is 34.6 Å². The van der Waals surface area contributed by atoms with Gasteiger partial charge in [-0.3, -0.25) is 9.59 Å². The molecule has 1 atom stereocenters. The van der Waals surface area contributed by atoms with Crippen LogP contribution in [0.15, 0.2) is 48.5 Å². The molecule has 3 rings (SSSR count). The zero-order chi connectivity index (χ0) is 24.5. The summed E-state index contributed by atoms with van der Waals surface area (Å²) in [6, 6.07) is 13.5. The maximum atomic E-state index is 14.9. The molecule has 0 spiro atoms. The van der Waals surface area contributed by atoms with Crippen LogP contribution in [0.25, 0.3) is 0 Å². The van der Waals surface area contributed by atoms with Crippen molar-refractivity contribution in [3.63, 3.8) is 0 Å². The number of rotatable bonds is 7. The first-order valence-electron chi connectivity index (χ1n) is 10.6. The van der Waals surface area contributed by atoms with E-state index in [9.17, 15) is 14.2 Å². The Morgan fingerprint density at radius 3 is 1.79 bits per heavy atom. The topological polar surface area (TPSA) is 69.7 Å². The lowest BCUT2D eigenvalue weighted by Crippen LogP contribution is -2.25. The standard InChI is InChI=1S/C27H29O5P/c1-16-13-22(31-6)25(23(14-16)32-7)33(30,26(28)21-11-9-8-10-12-21)27(29)24-18(3)15-17(2)19(4)20(24)5/h8-15H,1-7H3. The van der Waals surface area contributed by atoms with Crippen LogP contribution >= 0.6 is 7.14 Å². The molecule has 0 saturated carbocycles. The monoisotopic (exact) mass is 464 g/mol. The van der Waals surface area contributed by atoms with Crippen LogP contribution in [0.1, 0.15) is 48.5 Å². The Hall–Kier alpha value is -3.17. The van der Waals surface area contributed by atoms with E-state index in [-0.39, 0.29) is 22.4 Å². The van der Waals surface area contributed by atoms with Crippen molar-refractivity contribution in [3.05, 3.63) is 87.5 Å². The normalized spacial score (nSPS) is 12.7. The van der Waals surface area contributed by atoms with Gasteiger partial charge in [-0.25, -0.2) is 0 Å². The summed E-state index contributed by atoms with van der Waals surface area (Å²) in [4.78, 5) is 28.1. The molecule has 0 amide bonds. The van der Waals surface area contributed by atoms with Crippen molar-refractivity contribution in [3.8, 4) is 11.5 Å². The molecule has 0 aromatic heterocycles. The first kappa shape index (κ1) is 24.5. The van der Waals surface area contributed by atoms with Crippen molar-refractivity contribution in [2.75, 3.05) is 14.2 Å². The smallest absolute Gasteiger partial charge is 0.255 e. The van der Waals surface area contributed by atoms with Gasteiger partial charge in [0.05, 0.1) is 14.2 Å². The molecule has 0 aliphatic heterocycles. The first-order chi connectivity index (χ1) is 15.6. The predicted octanol–water partition coefficient (Wildman–Crippen LogP) is 5.92. The van der Waals surface area contributed by atoms with Crippen LogP contribution in [0, 0.1) is 34.6 Å². The maximum absolute atomic E-state index is 14.9. The number of aryl methyl sites for hydroxylation is 3. The molecule has 0 aliphatic carbocycles. The highest BCUT2D eigenvalue weighted by molar-refractivity contribution is 8.01. The summed E-state index contributed by atoms with van der Waals surface area (Å²) >= 11 is 0. The Morgan fingerprint density at radius 2 is 1.27 bits per heavy atom. The summed E-state index contributed by atoms with van der Waals surface area (Å²) in [5, 5.41) is -0.00557. The number of ether oxygens (including phenoxy) is 2. The molecule has 33 heavy (non-hydrogen) atoms. The van der Waals surface area contributed by atoms with Crippen LogP contribution < -0.4 is 14.8 Å². The molecule has 3 aromatic rings. The Morgan fingerprint density at radius 1 is 0.727 bits per heavy atom. The van der Waals surface area contributed by atoms with Crippen molar-refractivity contribution in [2.24, 2.45) is 0 Å². The van der Waals surface area contributed by atoms with Gasteiger partial charge in [0, 0.05) is 11.1 Å². The van der Waals surface area contributed by atoms with Crippen molar-refractivity contribution < 1.29 is 23.6 Å². The van der Waals surface area contributed by atoms with Gasteiger partial charge in [0.15, 0.2) is 0 Å². The lowest BCUT2D eigenvalue weighted by molar-refractivity contribution is 0.104. The van der Waals surface area contributed by atoms with Gasteiger partial charge in [-0.05, 0) is 74.6 Å². The quantitative estimate of drug-likeness (QED) is 0.406. The van der Waals surface area contributed by atoms with Gasteiger partial charge in [0.2, 0.25) is 11.0 Å². The molecule has 3 aromatic carbocycles. The van der Waals surface area contributed by atoms with Crippen LogP contribution in [0.4, 0.5) is 0 Å². The Balaban J connectivity index is 2.44. The average Bonchev–Trinajstić information content (AvgIpc) is 2.81. The van der Waals surface area contributed by atoms with E-state index in [0.29, 0.717) is 16.7 Å². The first-order valence-corrected chi connectivity index (χ1v) is 12.3. The van der Waals surface area contributed by atoms with Crippen molar-refractivity contribution in [1.29, 1.82) is 0 Å². The van der Waals surface area contributed by atoms with Crippen molar-refractivity contribution in [1.82, 2.24) is 0 Å². The molecule has 5 nitrogen and oxygen atoms in total. The minimum atomic E-state index is -4.44. The van der Waals surface area contributed by atoms with Gasteiger partial charge in [0.1, 0.15) is 16.8 Å². The number of benzene rings is 3. The highest BCUT2D eigenvalue weighted by atomic mass is 31.2. The van der Waals surface area contributed by atoms with E-state index in [0.717, 1.165) is 16.7 Å². The lowest BCUT2D eigenvalue weighted by Gasteiger charge is -2.24. The molecule has 0 saturated heterocycles. The third kappa shape index (κ3) is 4.14. The summed E-state index contributed by atoms with van der Waals surface area (Å²) in [6.45, 7) is 9.33. The number of hydrogen-bond acceptors (Lipinski definition) is 5. The van der Waals surface area contributed by atoms with E-state index >= 15 is 0 Å². The predicted molar refractivity (Wildman–Crippen MR) is 132 cm³/mol. The summed E-state index contributed by atoms with van der Waals surface area (Å²) in [5.74, 6) is 0.374. The molecule has 6 heteroatoms. The minimum absolute atomic E-state index is 0.00557. The molecule has 0 radical (unpaired) electrons. The molecular weight excluding hydrogens is 435 g/mol.